The third-order valence-electron chi connectivity index (χ3n) is 4.56. The fraction of sp³-hybridized carbons (Fsp3) is 0.300. The lowest BCUT2D eigenvalue weighted by Gasteiger charge is -2.33. The summed E-state index contributed by atoms with van der Waals surface area (Å²) >= 11 is 0. The van der Waals surface area contributed by atoms with Gasteiger partial charge in [0, 0.05) is 18.2 Å². The Morgan fingerprint density at radius 1 is 1.12 bits per heavy atom. The second-order valence-electron chi connectivity index (χ2n) is 6.35. The van der Waals surface area contributed by atoms with Crippen molar-refractivity contribution in [1.82, 2.24) is 4.90 Å². The summed E-state index contributed by atoms with van der Waals surface area (Å²) in [5.41, 5.74) is 1.12. The first-order valence-corrected chi connectivity index (χ1v) is 8.53. The van der Waals surface area contributed by atoms with Gasteiger partial charge in [-0.25, -0.2) is 4.39 Å². The molecule has 0 aromatic heterocycles. The number of amides is 2. The smallest absolute Gasteiger partial charge is 0.256 e. The number of hydrogen-bond acceptors (Lipinski definition) is 2. The molecule has 1 aliphatic heterocycles. The summed E-state index contributed by atoms with van der Waals surface area (Å²) < 4.78 is 13.3. The van der Waals surface area contributed by atoms with Crippen molar-refractivity contribution >= 4 is 17.5 Å². The summed E-state index contributed by atoms with van der Waals surface area (Å²) in [7, 11) is 0. The van der Waals surface area contributed by atoms with Gasteiger partial charge in [0.15, 0.2) is 0 Å². The van der Waals surface area contributed by atoms with Crippen LogP contribution in [0, 0.1) is 5.82 Å². The predicted octanol–water partition coefficient (Wildman–Crippen LogP) is 4.09. The van der Waals surface area contributed by atoms with Gasteiger partial charge in [0.25, 0.3) is 11.8 Å². The first kappa shape index (κ1) is 17.1. The number of hydrogen-bond donors (Lipinski definition) is 1. The third kappa shape index (κ3) is 3.87. The van der Waals surface area contributed by atoms with E-state index in [1.807, 2.05) is 11.8 Å². The average molecular weight is 340 g/mol. The molecule has 1 N–H and O–H groups in total. The van der Waals surface area contributed by atoms with Crippen molar-refractivity contribution in [2.24, 2.45) is 0 Å². The van der Waals surface area contributed by atoms with Gasteiger partial charge in [0.2, 0.25) is 0 Å². The second-order valence-corrected chi connectivity index (χ2v) is 6.35. The van der Waals surface area contributed by atoms with Crippen LogP contribution in [0.1, 0.15) is 46.9 Å². The van der Waals surface area contributed by atoms with E-state index >= 15 is 0 Å². The molecule has 0 spiro atoms. The maximum Gasteiger partial charge on any atom is 0.256 e. The predicted molar refractivity (Wildman–Crippen MR) is 95.1 cm³/mol. The zero-order valence-electron chi connectivity index (χ0n) is 14.2. The van der Waals surface area contributed by atoms with E-state index in [2.05, 4.69) is 5.32 Å². The lowest BCUT2D eigenvalue weighted by molar-refractivity contribution is 0.0636. The molecule has 1 saturated heterocycles. The van der Waals surface area contributed by atoms with Gasteiger partial charge in [-0.3, -0.25) is 9.59 Å². The summed E-state index contributed by atoms with van der Waals surface area (Å²) in [6.07, 6.45) is 3.11. The minimum Gasteiger partial charge on any atom is -0.336 e. The van der Waals surface area contributed by atoms with Crippen LogP contribution in [0.5, 0.6) is 0 Å². The van der Waals surface area contributed by atoms with E-state index in [0.717, 1.165) is 25.8 Å². The standard InChI is InChI=1S/C20H21FN2O2/c1-14-7-4-5-12-23(14)20(25)17-10-2-3-11-18(17)22-19(24)15-8-6-9-16(21)13-15/h2-3,6,8-11,13-14H,4-5,7,12H2,1H3,(H,22,24)/t14-/m1/s1. The van der Waals surface area contributed by atoms with E-state index in [9.17, 15) is 14.0 Å². The Morgan fingerprint density at radius 2 is 1.92 bits per heavy atom. The maximum absolute atomic E-state index is 13.3. The summed E-state index contributed by atoms with van der Waals surface area (Å²) in [5, 5.41) is 2.74. The topological polar surface area (TPSA) is 49.4 Å². The number of carbonyl (C=O) groups is 2. The van der Waals surface area contributed by atoms with Crippen molar-refractivity contribution in [3.05, 3.63) is 65.5 Å². The van der Waals surface area contributed by atoms with E-state index in [0.29, 0.717) is 11.3 Å². The van der Waals surface area contributed by atoms with E-state index in [1.54, 1.807) is 24.3 Å². The number of rotatable bonds is 3. The second kappa shape index (κ2) is 7.47. The maximum atomic E-state index is 13.3. The molecule has 2 aromatic carbocycles. The van der Waals surface area contributed by atoms with E-state index in [1.165, 1.54) is 24.3 Å². The SMILES string of the molecule is C[C@@H]1CCCCN1C(=O)c1ccccc1NC(=O)c1cccc(F)c1. The zero-order chi connectivity index (χ0) is 17.8. The van der Waals surface area contributed by atoms with Gasteiger partial charge in [-0.2, -0.15) is 0 Å². The van der Waals surface area contributed by atoms with Crippen LogP contribution < -0.4 is 5.32 Å². The third-order valence-corrected chi connectivity index (χ3v) is 4.56. The molecule has 2 aromatic rings. The number of anilines is 1. The highest BCUT2D eigenvalue weighted by molar-refractivity contribution is 6.09. The van der Waals surface area contributed by atoms with Crippen molar-refractivity contribution in [2.75, 3.05) is 11.9 Å². The molecule has 2 amide bonds. The van der Waals surface area contributed by atoms with E-state index in [4.69, 9.17) is 0 Å². The first-order valence-electron chi connectivity index (χ1n) is 8.53. The van der Waals surface area contributed by atoms with Gasteiger partial charge in [-0.1, -0.05) is 18.2 Å². The normalized spacial score (nSPS) is 17.2. The number of para-hydroxylation sites is 1. The van der Waals surface area contributed by atoms with Gasteiger partial charge in [0.05, 0.1) is 11.3 Å². The molecule has 1 aliphatic rings. The van der Waals surface area contributed by atoms with Crippen LogP contribution in [0.4, 0.5) is 10.1 Å². The largest absolute Gasteiger partial charge is 0.336 e. The van der Waals surface area contributed by atoms with Crippen molar-refractivity contribution in [1.29, 1.82) is 0 Å². The van der Waals surface area contributed by atoms with Gasteiger partial charge >= 0.3 is 0 Å². The van der Waals surface area contributed by atoms with Crippen molar-refractivity contribution in [3.8, 4) is 0 Å². The Bertz CT molecular complexity index is 791. The fourth-order valence-corrected chi connectivity index (χ4v) is 3.16. The summed E-state index contributed by atoms with van der Waals surface area (Å²) in [6, 6.07) is 12.6. The quantitative estimate of drug-likeness (QED) is 0.915. The first-order chi connectivity index (χ1) is 12.1. The summed E-state index contributed by atoms with van der Waals surface area (Å²) in [6.45, 7) is 2.77. The molecule has 3 rings (SSSR count). The molecule has 0 unspecified atom stereocenters. The minimum atomic E-state index is -0.473. The van der Waals surface area contributed by atoms with Crippen molar-refractivity contribution < 1.29 is 14.0 Å². The van der Waals surface area contributed by atoms with Crippen molar-refractivity contribution in [2.45, 2.75) is 32.2 Å². The molecule has 0 radical (unpaired) electrons. The monoisotopic (exact) mass is 340 g/mol. The fourth-order valence-electron chi connectivity index (χ4n) is 3.16. The number of likely N-dealkylation sites (tertiary alicyclic amines) is 1. The molecular formula is C20H21FN2O2. The number of benzene rings is 2. The Morgan fingerprint density at radius 3 is 2.68 bits per heavy atom. The minimum absolute atomic E-state index is 0.0812. The molecule has 1 atom stereocenters. The summed E-state index contributed by atoms with van der Waals surface area (Å²) in [5.74, 6) is -0.993. The van der Waals surface area contributed by atoms with Gasteiger partial charge in [0.1, 0.15) is 5.82 Å². The van der Waals surface area contributed by atoms with Crippen LogP contribution in [-0.2, 0) is 0 Å². The highest BCUT2D eigenvalue weighted by Crippen LogP contribution is 2.23. The Balaban J connectivity index is 1.83. The highest BCUT2D eigenvalue weighted by Gasteiger charge is 2.26. The van der Waals surface area contributed by atoms with Crippen LogP contribution in [-0.4, -0.2) is 29.3 Å². The molecule has 130 valence electrons. The molecule has 5 heteroatoms. The van der Waals surface area contributed by atoms with Crippen LogP contribution in [0.2, 0.25) is 0 Å². The lowest BCUT2D eigenvalue weighted by atomic mass is 10.0. The zero-order valence-corrected chi connectivity index (χ0v) is 14.2. The average Bonchev–Trinajstić information content (AvgIpc) is 2.62. The van der Waals surface area contributed by atoms with Crippen LogP contribution >= 0.6 is 0 Å². The lowest BCUT2D eigenvalue weighted by Crippen LogP contribution is -2.42. The van der Waals surface area contributed by atoms with Gasteiger partial charge in [-0.05, 0) is 56.5 Å². The van der Waals surface area contributed by atoms with Crippen LogP contribution in [0.15, 0.2) is 48.5 Å². The number of nitrogens with one attached hydrogen (secondary N) is 1. The highest BCUT2D eigenvalue weighted by atomic mass is 19.1. The molecule has 25 heavy (non-hydrogen) atoms. The molecular weight excluding hydrogens is 319 g/mol. The van der Waals surface area contributed by atoms with Gasteiger partial charge < -0.3 is 10.2 Å². The number of halogens is 1. The van der Waals surface area contributed by atoms with Gasteiger partial charge in [-0.15, -0.1) is 0 Å². The molecule has 4 nitrogen and oxygen atoms in total. The number of nitrogens with zero attached hydrogens (tertiary/aromatic N) is 1. The molecule has 1 heterocycles. The molecule has 0 aliphatic carbocycles. The van der Waals surface area contributed by atoms with E-state index in [-0.39, 0.29) is 17.5 Å². The molecule has 1 fully saturated rings. The van der Waals surface area contributed by atoms with Crippen LogP contribution in [0.3, 0.4) is 0 Å². The Labute approximate surface area is 146 Å². The Kier molecular flexibility index (Phi) is 5.12. The molecule has 0 saturated carbocycles. The number of piperidine rings is 1. The molecule has 0 bridgehead atoms. The Hall–Kier alpha value is -2.69. The number of carbonyl (C=O) groups excluding carboxylic acids is 2. The van der Waals surface area contributed by atoms with Crippen LogP contribution in [0.25, 0.3) is 0 Å². The summed E-state index contributed by atoms with van der Waals surface area (Å²) in [4.78, 5) is 27.2. The van der Waals surface area contributed by atoms with E-state index < -0.39 is 11.7 Å². The van der Waals surface area contributed by atoms with Crippen molar-refractivity contribution in [3.63, 3.8) is 0 Å².